The summed E-state index contributed by atoms with van der Waals surface area (Å²) < 4.78 is 78.3. The van der Waals surface area contributed by atoms with E-state index in [9.17, 15) is 9.13 Å². The zero-order chi connectivity index (χ0) is 47.9. The second-order valence-corrected chi connectivity index (χ2v) is 20.6. The molecule has 2 fully saturated rings. The number of nitrogens with zero attached hydrogens (tertiary/aromatic N) is 8. The van der Waals surface area contributed by atoms with Gasteiger partial charge in [-0.2, -0.15) is 0 Å². The molecule has 2 saturated heterocycles. The molecule has 68 heavy (non-hydrogen) atoms. The molecule has 368 valence electrons. The lowest BCUT2D eigenvalue weighted by atomic mass is 10.3. The third-order valence-corrected chi connectivity index (χ3v) is 14.2. The highest BCUT2D eigenvalue weighted by Crippen LogP contribution is 2.45. The molecule has 2 aliphatic rings. The molecule has 0 unspecified atom stereocenters. The van der Waals surface area contributed by atoms with Crippen molar-refractivity contribution in [3.05, 3.63) is 86.0 Å². The zero-order valence-corrected chi connectivity index (χ0v) is 40.5. The monoisotopic (exact) mass is 980 g/mol. The van der Waals surface area contributed by atoms with Gasteiger partial charge in [-0.05, 0) is 77.6 Å². The predicted molar refractivity (Wildman–Crippen MR) is 255 cm³/mol. The molecule has 24 heteroatoms. The van der Waals surface area contributed by atoms with Crippen molar-refractivity contribution in [2.24, 2.45) is 0 Å². The van der Waals surface area contributed by atoms with E-state index in [1.807, 2.05) is 73.2 Å². The lowest BCUT2D eigenvalue weighted by molar-refractivity contribution is -0.138. The lowest BCUT2D eigenvalue weighted by Gasteiger charge is -2.29. The van der Waals surface area contributed by atoms with Crippen molar-refractivity contribution in [3.63, 3.8) is 0 Å². The third-order valence-electron chi connectivity index (χ3n) is 10.6. The van der Waals surface area contributed by atoms with E-state index < -0.39 is 27.6 Å². The van der Waals surface area contributed by atoms with E-state index in [0.717, 1.165) is 25.7 Å². The van der Waals surface area contributed by atoms with E-state index in [-0.39, 0.29) is 37.0 Å². The van der Waals surface area contributed by atoms with E-state index in [1.165, 1.54) is 12.7 Å². The fraction of sp³-hybridized carbons (Fsp3) is 0.500. The molecule has 0 saturated carbocycles. The van der Waals surface area contributed by atoms with E-state index in [2.05, 4.69) is 40.1 Å². The van der Waals surface area contributed by atoms with Gasteiger partial charge in [0.2, 0.25) is 0 Å². The van der Waals surface area contributed by atoms with Crippen LogP contribution in [0.25, 0.3) is 22.3 Å². The molecule has 6 atom stereocenters. The zero-order valence-electron chi connectivity index (χ0n) is 38.7. The number of nitrogens with two attached hydrogens (primary N) is 2. The number of ether oxygens (including phenoxy) is 6. The van der Waals surface area contributed by atoms with Gasteiger partial charge in [0.25, 0.3) is 0 Å². The number of imidazole rings is 2. The summed E-state index contributed by atoms with van der Waals surface area (Å²) >= 11 is 0. The van der Waals surface area contributed by atoms with Crippen molar-refractivity contribution in [1.29, 1.82) is 0 Å². The Balaban J connectivity index is 0.000000201. The molecule has 0 aliphatic carbocycles. The summed E-state index contributed by atoms with van der Waals surface area (Å²) in [5.74, 6) is 1.60. The molecular formula is C44H62N12O10P2. The fourth-order valence-electron chi connectivity index (χ4n) is 7.28. The number of fused-ring (bicyclic) bond motifs is 2. The highest BCUT2D eigenvalue weighted by molar-refractivity contribution is 7.57. The number of nitrogen functional groups attached to an aromatic ring is 2. The van der Waals surface area contributed by atoms with Gasteiger partial charge in [0, 0.05) is 26.4 Å². The number of hydrogen-bond donors (Lipinski definition) is 4. The summed E-state index contributed by atoms with van der Waals surface area (Å²) in [4.78, 5) is 25.0. The van der Waals surface area contributed by atoms with Crippen LogP contribution in [0.2, 0.25) is 0 Å². The minimum Gasteiger partial charge on any atom is -0.431 e. The molecule has 0 radical (unpaired) electrons. The SMILES string of the molecule is C[C@H](Cn1cnc2c(N)ncnc21)OC[P@@](=O)(N[C@H](C)C1OCCCCO1)Oc1ccccc1.C[C@H](Cn1cnc2c(N)ncnc21)OC[P@](=O)(N[C@H](C)C1OCCCCO1)Oc1ccccc1. The lowest BCUT2D eigenvalue weighted by Crippen LogP contribution is -2.40. The number of rotatable bonds is 20. The summed E-state index contributed by atoms with van der Waals surface area (Å²) in [6.07, 6.45) is 7.82. The second kappa shape index (κ2) is 24.4. The molecule has 0 bridgehead atoms. The molecule has 6 heterocycles. The quantitative estimate of drug-likeness (QED) is 0.0607. The van der Waals surface area contributed by atoms with E-state index in [0.29, 0.717) is 85.0 Å². The van der Waals surface area contributed by atoms with Crippen LogP contribution >= 0.6 is 15.0 Å². The standard InChI is InChI=1S/2C22H31N6O5P/c2*1-16(12-28-14-26-19-20(23)24-13-25-21(19)28)32-15-34(29,33-18-8-4-3-5-9-18)27-17(2)22-30-10-6-7-11-31-22/h2*3-5,8-9,13-14,16-17,22H,6-7,10-12,15H2,1-2H3,(H,27,29)(H2,23,24,25)/t16-,17-,34+;16-,17-,34-/m11/s1. The first kappa shape index (κ1) is 50.7. The van der Waals surface area contributed by atoms with Gasteiger partial charge in [-0.15, -0.1) is 0 Å². The van der Waals surface area contributed by atoms with Gasteiger partial charge in [-0.25, -0.2) is 40.1 Å². The Bertz CT molecular complexity index is 2390. The topological polar surface area (TPSA) is 271 Å². The number of aromatic nitrogens is 8. The Hall–Kier alpha value is -5.12. The van der Waals surface area contributed by atoms with Crippen LogP contribution in [0.15, 0.2) is 86.0 Å². The number of hydrogen-bond acceptors (Lipinski definition) is 18. The van der Waals surface area contributed by atoms with Crippen molar-refractivity contribution < 1.29 is 46.6 Å². The van der Waals surface area contributed by atoms with Crippen LogP contribution in [0.1, 0.15) is 53.4 Å². The predicted octanol–water partition coefficient (Wildman–Crippen LogP) is 6.35. The van der Waals surface area contributed by atoms with Crippen LogP contribution in [-0.2, 0) is 50.6 Å². The van der Waals surface area contributed by atoms with Gasteiger partial charge in [0.15, 0.2) is 35.5 Å². The number of benzene rings is 2. The van der Waals surface area contributed by atoms with Crippen molar-refractivity contribution >= 4 is 49.0 Å². The first-order valence-corrected chi connectivity index (χ1v) is 26.2. The minimum absolute atomic E-state index is 0.149. The maximum atomic E-state index is 13.9. The van der Waals surface area contributed by atoms with Crippen molar-refractivity contribution in [3.8, 4) is 11.5 Å². The van der Waals surface area contributed by atoms with E-state index in [4.69, 9.17) is 48.9 Å². The van der Waals surface area contributed by atoms with Gasteiger partial charge < -0.3 is 58.1 Å². The normalized spacial score (nSPS) is 18.8. The first-order valence-electron chi connectivity index (χ1n) is 22.6. The smallest absolute Gasteiger partial charge is 0.342 e. The highest BCUT2D eigenvalue weighted by Gasteiger charge is 2.34. The van der Waals surface area contributed by atoms with Crippen molar-refractivity contribution in [1.82, 2.24) is 49.2 Å². The van der Waals surface area contributed by atoms with Crippen LogP contribution in [0.5, 0.6) is 11.5 Å². The first-order chi connectivity index (χ1) is 32.9. The van der Waals surface area contributed by atoms with Crippen LogP contribution in [0.4, 0.5) is 11.6 Å². The molecule has 6 N–H and O–H groups in total. The van der Waals surface area contributed by atoms with Gasteiger partial charge in [0.05, 0.1) is 50.0 Å². The Morgan fingerprint density at radius 2 is 0.956 bits per heavy atom. The molecule has 4 aromatic heterocycles. The van der Waals surface area contributed by atoms with E-state index >= 15 is 0 Å². The number of nitrogens with one attached hydrogen (secondary N) is 2. The van der Waals surface area contributed by atoms with Gasteiger partial charge in [0.1, 0.15) is 47.9 Å². The van der Waals surface area contributed by atoms with E-state index in [1.54, 1.807) is 36.9 Å². The van der Waals surface area contributed by atoms with Crippen LogP contribution in [0, 0.1) is 0 Å². The summed E-state index contributed by atoms with van der Waals surface area (Å²) in [6.45, 7) is 10.7. The maximum absolute atomic E-state index is 13.9. The minimum atomic E-state index is -3.48. The molecule has 8 rings (SSSR count). The largest absolute Gasteiger partial charge is 0.431 e. The Morgan fingerprint density at radius 3 is 1.32 bits per heavy atom. The highest BCUT2D eigenvalue weighted by atomic mass is 31.2. The molecule has 6 aromatic rings. The molecular weight excluding hydrogens is 919 g/mol. The molecule has 2 aliphatic heterocycles. The Labute approximate surface area is 395 Å². The summed E-state index contributed by atoms with van der Waals surface area (Å²) in [7, 11) is -6.96. The maximum Gasteiger partial charge on any atom is 0.342 e. The number of anilines is 2. The summed E-state index contributed by atoms with van der Waals surface area (Å²) in [5, 5.41) is 6.19. The van der Waals surface area contributed by atoms with Gasteiger partial charge in [-0.1, -0.05) is 36.4 Å². The molecule has 2 aromatic carbocycles. The van der Waals surface area contributed by atoms with Gasteiger partial charge >= 0.3 is 15.0 Å². The molecule has 0 spiro atoms. The van der Waals surface area contributed by atoms with Crippen LogP contribution in [0.3, 0.4) is 0 Å². The van der Waals surface area contributed by atoms with Crippen molar-refractivity contribution in [2.45, 2.75) is 103 Å². The molecule has 22 nitrogen and oxygen atoms in total. The van der Waals surface area contributed by atoms with Crippen molar-refractivity contribution in [2.75, 3.05) is 50.6 Å². The summed E-state index contributed by atoms with van der Waals surface area (Å²) in [5.41, 5.74) is 14.0. The fourth-order valence-corrected chi connectivity index (χ4v) is 11.0. The Kier molecular flexibility index (Phi) is 18.2. The second-order valence-electron chi connectivity index (χ2n) is 16.5. The number of para-hydroxylation sites is 2. The average Bonchev–Trinajstić information content (AvgIpc) is 3.66. The molecule has 0 amide bonds. The van der Waals surface area contributed by atoms with Gasteiger partial charge in [-0.3, -0.25) is 9.13 Å². The van der Waals surface area contributed by atoms with Crippen LogP contribution in [-0.4, -0.2) is 115 Å². The van der Waals surface area contributed by atoms with Crippen LogP contribution < -0.4 is 30.7 Å². The third kappa shape index (κ3) is 14.5. The average molecular weight is 981 g/mol. The Morgan fingerprint density at radius 1 is 0.588 bits per heavy atom. The summed E-state index contributed by atoms with van der Waals surface area (Å²) in [6, 6.07) is 17.3.